The molecule has 1 aliphatic heterocycles. The maximum Gasteiger partial charge on any atom is 0.429 e. The number of pyridine rings is 1. The van der Waals surface area contributed by atoms with E-state index in [9.17, 15) is 23.1 Å². The van der Waals surface area contributed by atoms with E-state index in [1.54, 1.807) is 33.8 Å². The summed E-state index contributed by atoms with van der Waals surface area (Å²) in [6, 6.07) is 4.51. The number of amides is 1. The Kier molecular flexibility index (Phi) is 6.87. The van der Waals surface area contributed by atoms with Crippen LogP contribution in [0.5, 0.6) is 11.5 Å². The number of benzene rings is 1. The molecule has 1 unspecified atom stereocenters. The van der Waals surface area contributed by atoms with E-state index in [2.05, 4.69) is 20.9 Å². The van der Waals surface area contributed by atoms with Gasteiger partial charge in [-0.15, -0.1) is 0 Å². The maximum atomic E-state index is 13.8. The molecule has 0 aliphatic carbocycles. The van der Waals surface area contributed by atoms with Crippen LogP contribution in [0.2, 0.25) is 0 Å². The Morgan fingerprint density at radius 3 is 2.41 bits per heavy atom. The standard InChI is InChI=1S/C24H28BrF3N2O4/c1-13(2)11-23(6,30(21(31)32)22(3,4)5)34-19-10-18-15(9-17(19)25)14-7-8-29-12-16(14)20(33-18)24(26,27)28/h7-10,12-13,20H,11H2,1-6H3,(H,31,32)/t20?,23-/m0/s1. The number of ether oxygens (including phenoxy) is 2. The van der Waals surface area contributed by atoms with Gasteiger partial charge in [0.05, 0.1) is 4.47 Å². The highest BCUT2D eigenvalue weighted by Crippen LogP contribution is 2.51. The number of rotatable bonds is 5. The van der Waals surface area contributed by atoms with Gasteiger partial charge in [-0.2, -0.15) is 13.2 Å². The maximum absolute atomic E-state index is 13.8. The first-order chi connectivity index (χ1) is 15.5. The molecule has 6 nitrogen and oxygen atoms in total. The topological polar surface area (TPSA) is 71.9 Å². The number of alkyl halides is 3. The first-order valence-corrected chi connectivity index (χ1v) is 11.6. The van der Waals surface area contributed by atoms with E-state index in [1.165, 1.54) is 23.2 Å². The first-order valence-electron chi connectivity index (χ1n) is 10.8. The van der Waals surface area contributed by atoms with Crippen molar-refractivity contribution in [1.29, 1.82) is 0 Å². The summed E-state index contributed by atoms with van der Waals surface area (Å²) in [7, 11) is 0. The molecule has 2 atom stereocenters. The van der Waals surface area contributed by atoms with Gasteiger partial charge in [-0.1, -0.05) is 13.8 Å². The largest absolute Gasteiger partial charge is 0.475 e. The number of carbonyl (C=O) groups is 1. The molecule has 0 saturated carbocycles. The summed E-state index contributed by atoms with van der Waals surface area (Å²) in [4.78, 5) is 17.3. The third-order valence-electron chi connectivity index (χ3n) is 5.45. The average Bonchev–Trinajstić information content (AvgIpc) is 2.65. The number of hydrogen-bond donors (Lipinski definition) is 1. The van der Waals surface area contributed by atoms with E-state index in [0.717, 1.165) is 6.20 Å². The highest BCUT2D eigenvalue weighted by molar-refractivity contribution is 9.10. The van der Waals surface area contributed by atoms with E-state index in [-0.39, 0.29) is 23.0 Å². The summed E-state index contributed by atoms with van der Waals surface area (Å²) in [5.41, 5.74) is -1.38. The molecule has 186 valence electrons. The summed E-state index contributed by atoms with van der Waals surface area (Å²) >= 11 is 3.45. The third kappa shape index (κ3) is 5.11. The fourth-order valence-electron chi connectivity index (χ4n) is 4.59. The summed E-state index contributed by atoms with van der Waals surface area (Å²) in [6.07, 6.45) is -5.07. The normalized spacial score (nSPS) is 17.3. The number of halogens is 4. The van der Waals surface area contributed by atoms with Gasteiger partial charge in [0.15, 0.2) is 5.72 Å². The molecular formula is C24H28BrF3N2O4. The summed E-state index contributed by atoms with van der Waals surface area (Å²) in [6.45, 7) is 10.8. The van der Waals surface area contributed by atoms with Gasteiger partial charge in [0.1, 0.15) is 11.5 Å². The molecule has 2 heterocycles. The van der Waals surface area contributed by atoms with Gasteiger partial charge < -0.3 is 14.6 Å². The lowest BCUT2D eigenvalue weighted by atomic mass is 9.93. The zero-order valence-electron chi connectivity index (χ0n) is 19.8. The molecule has 1 N–H and O–H groups in total. The predicted octanol–water partition coefficient (Wildman–Crippen LogP) is 7.43. The zero-order chi connectivity index (χ0) is 25.6. The average molecular weight is 545 g/mol. The van der Waals surface area contributed by atoms with Crippen LogP contribution in [0.4, 0.5) is 18.0 Å². The lowest BCUT2D eigenvalue weighted by Crippen LogP contribution is -2.61. The monoisotopic (exact) mass is 544 g/mol. The van der Waals surface area contributed by atoms with Crippen molar-refractivity contribution in [2.45, 2.75) is 71.5 Å². The Balaban J connectivity index is 2.13. The number of hydrogen-bond acceptors (Lipinski definition) is 4. The fraction of sp³-hybridized carbons (Fsp3) is 0.500. The SMILES string of the molecule is CC(C)C[C@](C)(Oc1cc2c(cc1Br)-c1ccncc1C(C(F)(F)F)O2)N(C(=O)O)C(C)(C)C. The first kappa shape index (κ1) is 26.1. The van der Waals surface area contributed by atoms with Crippen molar-refractivity contribution < 1.29 is 32.5 Å². The Bertz CT molecular complexity index is 1080. The minimum absolute atomic E-state index is 0.0104. The van der Waals surface area contributed by atoms with Crippen LogP contribution in [-0.2, 0) is 0 Å². The number of fused-ring (bicyclic) bond motifs is 3. The van der Waals surface area contributed by atoms with Crippen molar-refractivity contribution in [1.82, 2.24) is 9.88 Å². The van der Waals surface area contributed by atoms with Gasteiger partial charge in [0, 0.05) is 41.5 Å². The lowest BCUT2D eigenvalue weighted by Gasteiger charge is -2.47. The van der Waals surface area contributed by atoms with Gasteiger partial charge in [-0.25, -0.2) is 4.79 Å². The van der Waals surface area contributed by atoms with Crippen LogP contribution < -0.4 is 9.47 Å². The Hall–Kier alpha value is -2.49. The van der Waals surface area contributed by atoms with Gasteiger partial charge in [-0.3, -0.25) is 9.88 Å². The highest BCUT2D eigenvalue weighted by atomic mass is 79.9. The van der Waals surface area contributed by atoms with Crippen LogP contribution in [0.1, 0.15) is 59.6 Å². The highest BCUT2D eigenvalue weighted by Gasteiger charge is 2.48. The minimum Gasteiger partial charge on any atom is -0.475 e. The molecule has 10 heteroatoms. The van der Waals surface area contributed by atoms with Crippen molar-refractivity contribution in [2.24, 2.45) is 5.92 Å². The van der Waals surface area contributed by atoms with E-state index in [0.29, 0.717) is 22.0 Å². The van der Waals surface area contributed by atoms with E-state index in [4.69, 9.17) is 9.47 Å². The van der Waals surface area contributed by atoms with Crippen LogP contribution in [0, 0.1) is 5.92 Å². The molecule has 0 saturated heterocycles. The molecule has 34 heavy (non-hydrogen) atoms. The van der Waals surface area contributed by atoms with Gasteiger partial charge >= 0.3 is 12.3 Å². The summed E-state index contributed by atoms with van der Waals surface area (Å²) in [5.74, 6) is 0.232. The van der Waals surface area contributed by atoms with Crippen molar-refractivity contribution in [3.63, 3.8) is 0 Å². The fourth-order valence-corrected chi connectivity index (χ4v) is 5.01. The molecule has 1 amide bonds. The molecule has 1 aromatic heterocycles. The molecule has 3 rings (SSSR count). The van der Waals surface area contributed by atoms with Crippen LogP contribution in [0.25, 0.3) is 11.1 Å². The molecule has 0 radical (unpaired) electrons. The molecule has 0 spiro atoms. The molecule has 0 bridgehead atoms. The van der Waals surface area contributed by atoms with Crippen LogP contribution in [0.15, 0.2) is 35.1 Å². The van der Waals surface area contributed by atoms with Crippen LogP contribution in [-0.4, -0.2) is 38.5 Å². The lowest BCUT2D eigenvalue weighted by molar-refractivity contribution is -0.198. The van der Waals surface area contributed by atoms with Crippen molar-refractivity contribution in [3.05, 3.63) is 40.6 Å². The van der Waals surface area contributed by atoms with Crippen molar-refractivity contribution >= 4 is 22.0 Å². The third-order valence-corrected chi connectivity index (χ3v) is 6.07. The quantitative estimate of drug-likeness (QED) is 0.396. The second kappa shape index (κ2) is 8.94. The second-order valence-electron chi connectivity index (χ2n) is 9.95. The predicted molar refractivity (Wildman–Crippen MR) is 125 cm³/mol. The summed E-state index contributed by atoms with van der Waals surface area (Å²) < 4.78 is 53.4. The number of nitrogens with zero attached hydrogens (tertiary/aromatic N) is 2. The molecule has 1 aromatic carbocycles. The molecule has 0 fully saturated rings. The van der Waals surface area contributed by atoms with Crippen molar-refractivity contribution in [2.75, 3.05) is 0 Å². The number of aromatic nitrogens is 1. The van der Waals surface area contributed by atoms with Crippen LogP contribution >= 0.6 is 15.9 Å². The van der Waals surface area contributed by atoms with E-state index in [1.807, 2.05) is 13.8 Å². The smallest absolute Gasteiger partial charge is 0.429 e. The Morgan fingerprint density at radius 1 is 1.24 bits per heavy atom. The van der Waals surface area contributed by atoms with Gasteiger partial charge in [0.2, 0.25) is 6.10 Å². The molecular weight excluding hydrogens is 517 g/mol. The Labute approximate surface area is 205 Å². The molecule has 2 aromatic rings. The van der Waals surface area contributed by atoms with E-state index < -0.39 is 29.6 Å². The summed E-state index contributed by atoms with van der Waals surface area (Å²) in [5, 5.41) is 10.0. The van der Waals surface area contributed by atoms with Gasteiger partial charge in [0.25, 0.3) is 0 Å². The van der Waals surface area contributed by atoms with E-state index >= 15 is 0 Å². The number of carboxylic acid groups (broad SMARTS) is 1. The van der Waals surface area contributed by atoms with Crippen molar-refractivity contribution in [3.8, 4) is 22.6 Å². The Morgan fingerprint density at radius 2 is 1.88 bits per heavy atom. The zero-order valence-corrected chi connectivity index (χ0v) is 21.4. The second-order valence-corrected chi connectivity index (χ2v) is 10.8. The minimum atomic E-state index is -4.65. The van der Waals surface area contributed by atoms with Gasteiger partial charge in [-0.05, 0) is 67.2 Å². The van der Waals surface area contributed by atoms with Crippen LogP contribution in [0.3, 0.4) is 0 Å². The molecule has 1 aliphatic rings.